The topological polar surface area (TPSA) is 117 Å². The molecule has 8 nitrogen and oxygen atoms in total. The van der Waals surface area contributed by atoms with Crippen LogP contribution in [0.3, 0.4) is 0 Å². The lowest BCUT2D eigenvalue weighted by Crippen LogP contribution is -2.19. The Kier molecular flexibility index (Phi) is 6.16. The first kappa shape index (κ1) is 22.7. The normalized spacial score (nSPS) is 12.0. The van der Waals surface area contributed by atoms with Gasteiger partial charge in [0, 0.05) is 18.2 Å². The Balaban J connectivity index is 1.81. The van der Waals surface area contributed by atoms with E-state index in [-0.39, 0.29) is 28.0 Å². The molecule has 32 heavy (non-hydrogen) atoms. The molecular weight excluding hydrogens is 408 g/mol. The van der Waals surface area contributed by atoms with Crippen molar-refractivity contribution in [1.82, 2.24) is 15.2 Å². The second-order valence-electron chi connectivity index (χ2n) is 8.52. The molecule has 0 fully saturated rings. The van der Waals surface area contributed by atoms with E-state index >= 15 is 0 Å². The summed E-state index contributed by atoms with van der Waals surface area (Å²) in [6.45, 7) is 8.03. The van der Waals surface area contributed by atoms with Gasteiger partial charge in [0.15, 0.2) is 11.4 Å². The summed E-state index contributed by atoms with van der Waals surface area (Å²) in [7, 11) is 1.73. The first-order chi connectivity index (χ1) is 15.0. The second kappa shape index (κ2) is 8.66. The Morgan fingerprint density at radius 1 is 1.00 bits per heavy atom. The third-order valence-corrected chi connectivity index (χ3v) is 5.11. The van der Waals surface area contributed by atoms with E-state index in [2.05, 4.69) is 36.4 Å². The summed E-state index contributed by atoms with van der Waals surface area (Å²) in [6, 6.07) is 13.4. The Morgan fingerprint density at radius 2 is 1.56 bits per heavy atom. The van der Waals surface area contributed by atoms with Crippen LogP contribution in [-0.2, 0) is 12.5 Å². The van der Waals surface area contributed by atoms with Gasteiger partial charge in [0.1, 0.15) is 5.69 Å². The molecule has 8 heteroatoms. The van der Waals surface area contributed by atoms with Gasteiger partial charge in [-0.05, 0) is 42.2 Å². The zero-order valence-corrected chi connectivity index (χ0v) is 18.7. The first-order valence-electron chi connectivity index (χ1n) is 10.0. The van der Waals surface area contributed by atoms with Gasteiger partial charge in [0.2, 0.25) is 0 Å². The summed E-state index contributed by atoms with van der Waals surface area (Å²) in [6.07, 6.45) is 0. The van der Waals surface area contributed by atoms with Gasteiger partial charge < -0.3 is 10.2 Å². The summed E-state index contributed by atoms with van der Waals surface area (Å²) in [4.78, 5) is 23.2. The van der Waals surface area contributed by atoms with Gasteiger partial charge in [-0.3, -0.25) is 9.48 Å². The number of carboxylic acid groups (broad SMARTS) is 1. The van der Waals surface area contributed by atoms with Crippen molar-refractivity contribution in [2.75, 3.05) is 0 Å². The third kappa shape index (κ3) is 4.69. The fourth-order valence-electron chi connectivity index (χ4n) is 3.22. The zero-order valence-electron chi connectivity index (χ0n) is 18.7. The van der Waals surface area contributed by atoms with Crippen molar-refractivity contribution in [3.8, 4) is 17.0 Å². The van der Waals surface area contributed by atoms with Gasteiger partial charge in [-0.15, -0.1) is 0 Å². The van der Waals surface area contributed by atoms with Gasteiger partial charge in [-0.25, -0.2) is 10.2 Å². The molecule has 3 rings (SSSR count). The monoisotopic (exact) mass is 434 g/mol. The molecule has 2 aromatic carbocycles. The minimum atomic E-state index is -1.07. The molecule has 0 aliphatic heterocycles. The number of aryl methyl sites for hydroxylation is 1. The maximum absolute atomic E-state index is 12.3. The SMILES string of the molecule is C/C(=N\NC(=O)c1ccc(C(=O)O)cc1)c1nn(C)c(-c2ccc(C(C)(C)C)cc2)c1O. The van der Waals surface area contributed by atoms with Crippen LogP contribution in [0.4, 0.5) is 0 Å². The highest BCUT2D eigenvalue weighted by molar-refractivity contribution is 6.02. The molecule has 1 amide bonds. The van der Waals surface area contributed by atoms with Crippen LogP contribution in [0, 0.1) is 0 Å². The molecule has 0 saturated heterocycles. The molecular formula is C24H26N4O4. The quantitative estimate of drug-likeness (QED) is 0.415. The number of benzene rings is 2. The maximum atomic E-state index is 12.3. The molecule has 3 N–H and O–H groups in total. The lowest BCUT2D eigenvalue weighted by atomic mass is 9.86. The van der Waals surface area contributed by atoms with Crippen LogP contribution in [0.5, 0.6) is 5.75 Å². The lowest BCUT2D eigenvalue weighted by molar-refractivity contribution is 0.0696. The third-order valence-electron chi connectivity index (χ3n) is 5.11. The average molecular weight is 434 g/mol. The summed E-state index contributed by atoms with van der Waals surface area (Å²) in [5, 5.41) is 28.1. The number of rotatable bonds is 5. The van der Waals surface area contributed by atoms with Crippen molar-refractivity contribution in [3.63, 3.8) is 0 Å². The van der Waals surface area contributed by atoms with Crippen LogP contribution in [0.2, 0.25) is 0 Å². The Bertz CT molecular complexity index is 1180. The first-order valence-corrected chi connectivity index (χ1v) is 10.0. The van der Waals surface area contributed by atoms with E-state index in [1.54, 1.807) is 18.7 Å². The Morgan fingerprint density at radius 3 is 2.09 bits per heavy atom. The molecule has 0 spiro atoms. The van der Waals surface area contributed by atoms with Crippen LogP contribution < -0.4 is 5.43 Å². The summed E-state index contributed by atoms with van der Waals surface area (Å²) >= 11 is 0. The van der Waals surface area contributed by atoms with Gasteiger partial charge in [0.05, 0.1) is 11.3 Å². The van der Waals surface area contributed by atoms with Gasteiger partial charge in [0.25, 0.3) is 5.91 Å². The number of aromatic nitrogens is 2. The van der Waals surface area contributed by atoms with Crippen LogP contribution in [-0.4, -0.2) is 37.6 Å². The van der Waals surface area contributed by atoms with E-state index in [4.69, 9.17) is 5.11 Å². The molecule has 0 aliphatic carbocycles. The van der Waals surface area contributed by atoms with Crippen molar-refractivity contribution >= 4 is 17.6 Å². The van der Waals surface area contributed by atoms with Crippen molar-refractivity contribution in [2.45, 2.75) is 33.1 Å². The lowest BCUT2D eigenvalue weighted by Gasteiger charge is -2.19. The van der Waals surface area contributed by atoms with E-state index in [0.29, 0.717) is 11.4 Å². The number of aromatic carboxylic acids is 1. The Hall–Kier alpha value is -3.94. The van der Waals surface area contributed by atoms with E-state index < -0.39 is 11.9 Å². The predicted molar refractivity (Wildman–Crippen MR) is 122 cm³/mol. The van der Waals surface area contributed by atoms with E-state index in [1.807, 2.05) is 24.3 Å². The van der Waals surface area contributed by atoms with Gasteiger partial charge in [-0.2, -0.15) is 10.2 Å². The molecule has 0 radical (unpaired) electrons. The van der Waals surface area contributed by atoms with E-state index in [9.17, 15) is 14.7 Å². The molecule has 0 unspecified atom stereocenters. The van der Waals surface area contributed by atoms with Crippen LogP contribution in [0.15, 0.2) is 53.6 Å². The van der Waals surface area contributed by atoms with Crippen molar-refractivity contribution in [1.29, 1.82) is 0 Å². The predicted octanol–water partition coefficient (Wildman–Crippen LogP) is 3.94. The number of hydrogen-bond acceptors (Lipinski definition) is 5. The van der Waals surface area contributed by atoms with Crippen LogP contribution >= 0.6 is 0 Å². The fourth-order valence-corrected chi connectivity index (χ4v) is 3.22. The highest BCUT2D eigenvalue weighted by Crippen LogP contribution is 2.33. The minimum absolute atomic E-state index is 0.0214. The highest BCUT2D eigenvalue weighted by Gasteiger charge is 2.20. The molecule has 0 saturated carbocycles. The summed E-state index contributed by atoms with van der Waals surface area (Å²) in [5.74, 6) is -1.60. The molecule has 0 aliphatic rings. The van der Waals surface area contributed by atoms with E-state index in [0.717, 1.165) is 5.56 Å². The second-order valence-corrected chi connectivity index (χ2v) is 8.52. The number of amides is 1. The van der Waals surface area contributed by atoms with Crippen molar-refractivity contribution in [3.05, 3.63) is 70.9 Å². The zero-order chi connectivity index (χ0) is 23.6. The highest BCUT2D eigenvalue weighted by atomic mass is 16.4. The average Bonchev–Trinajstić information content (AvgIpc) is 3.05. The number of carbonyl (C=O) groups is 2. The Labute approximate surface area is 186 Å². The number of nitrogens with zero attached hydrogens (tertiary/aromatic N) is 3. The molecule has 3 aromatic rings. The molecule has 1 aromatic heterocycles. The molecule has 0 atom stereocenters. The van der Waals surface area contributed by atoms with E-state index in [1.165, 1.54) is 29.8 Å². The summed E-state index contributed by atoms with van der Waals surface area (Å²) in [5.41, 5.74) is 5.89. The number of carboxylic acids is 1. The molecule has 0 bridgehead atoms. The van der Waals surface area contributed by atoms with Crippen LogP contribution in [0.25, 0.3) is 11.3 Å². The summed E-state index contributed by atoms with van der Waals surface area (Å²) < 4.78 is 1.57. The van der Waals surface area contributed by atoms with Gasteiger partial charge >= 0.3 is 5.97 Å². The maximum Gasteiger partial charge on any atom is 0.335 e. The minimum Gasteiger partial charge on any atom is -0.504 e. The smallest absolute Gasteiger partial charge is 0.335 e. The standard InChI is InChI=1S/C24H26N4O4/c1-14(25-26-22(30)16-6-8-17(9-7-16)23(31)32)19-21(29)20(28(5)27-19)15-10-12-18(13-11-15)24(2,3)4/h6-13,29H,1-5H3,(H,26,30)(H,31,32)/b25-14+. The number of aromatic hydroxyl groups is 1. The van der Waals surface area contributed by atoms with Gasteiger partial charge in [-0.1, -0.05) is 45.0 Å². The number of hydrazone groups is 1. The largest absolute Gasteiger partial charge is 0.504 e. The number of nitrogens with one attached hydrogen (secondary N) is 1. The number of hydrogen-bond donors (Lipinski definition) is 3. The molecule has 166 valence electrons. The fraction of sp³-hybridized carbons (Fsp3) is 0.250. The molecule has 1 heterocycles. The van der Waals surface area contributed by atoms with Crippen molar-refractivity contribution < 1.29 is 19.8 Å². The van der Waals surface area contributed by atoms with Crippen LogP contribution in [0.1, 0.15) is 59.7 Å². The van der Waals surface area contributed by atoms with Crippen molar-refractivity contribution in [2.24, 2.45) is 12.1 Å². The number of carbonyl (C=O) groups excluding carboxylic acids is 1.